The van der Waals surface area contributed by atoms with Gasteiger partial charge in [-0.25, -0.2) is 4.39 Å². The first-order chi connectivity index (χ1) is 8.62. The van der Waals surface area contributed by atoms with Gasteiger partial charge in [-0.3, -0.25) is 0 Å². The number of carbonyl (C=O) groups is 1. The Kier molecular flexibility index (Phi) is 4.09. The van der Waals surface area contributed by atoms with Crippen molar-refractivity contribution in [2.24, 2.45) is 0 Å². The number of hydrogen-bond donors (Lipinski definition) is 0. The van der Waals surface area contributed by atoms with Crippen molar-refractivity contribution < 1.29 is 18.7 Å². The first-order valence-electron chi connectivity index (χ1n) is 6.16. The van der Waals surface area contributed by atoms with Crippen LogP contribution in [0.2, 0.25) is 0 Å². The van der Waals surface area contributed by atoms with E-state index in [9.17, 15) is 9.18 Å². The molecule has 0 radical (unpaired) electrons. The van der Waals surface area contributed by atoms with E-state index < -0.39 is 5.79 Å². The Balaban J connectivity index is 2.11. The summed E-state index contributed by atoms with van der Waals surface area (Å²) in [5.74, 6) is -0.929. The van der Waals surface area contributed by atoms with Gasteiger partial charge < -0.3 is 14.3 Å². The largest absolute Gasteiger partial charge is 0.343 e. The summed E-state index contributed by atoms with van der Waals surface area (Å²) in [4.78, 5) is 11.0. The van der Waals surface area contributed by atoms with Crippen LogP contribution in [0.1, 0.15) is 31.7 Å². The summed E-state index contributed by atoms with van der Waals surface area (Å²) in [6.07, 6.45) is 1.82. The van der Waals surface area contributed by atoms with Crippen molar-refractivity contribution in [2.45, 2.75) is 32.0 Å². The van der Waals surface area contributed by atoms with E-state index in [-0.39, 0.29) is 11.6 Å². The van der Waals surface area contributed by atoms with Gasteiger partial charge >= 0.3 is 0 Å². The molecule has 1 aliphatic rings. The molecule has 0 atom stereocenters. The van der Waals surface area contributed by atoms with E-state index in [1.54, 1.807) is 19.1 Å². The summed E-state index contributed by atoms with van der Waals surface area (Å²) in [6, 6.07) is 6.14. The highest BCUT2D eigenvalue weighted by atomic mass is 19.1. The quantitative estimate of drug-likeness (QED) is 0.808. The van der Waals surface area contributed by atoms with Gasteiger partial charge in [-0.1, -0.05) is 12.1 Å². The third-order valence-electron chi connectivity index (χ3n) is 3.07. The van der Waals surface area contributed by atoms with E-state index in [0.717, 1.165) is 5.56 Å². The van der Waals surface area contributed by atoms with Crippen LogP contribution >= 0.6 is 0 Å². The highest BCUT2D eigenvalue weighted by Gasteiger charge is 2.37. The first kappa shape index (κ1) is 13.2. The maximum absolute atomic E-state index is 12.9. The minimum atomic E-state index is -0.802. The minimum absolute atomic E-state index is 0.155. The van der Waals surface area contributed by atoms with Crippen LogP contribution in [-0.4, -0.2) is 19.0 Å². The van der Waals surface area contributed by atoms with Crippen molar-refractivity contribution in [1.82, 2.24) is 0 Å². The number of halogens is 1. The summed E-state index contributed by atoms with van der Waals surface area (Å²) < 4.78 is 24.3. The third kappa shape index (κ3) is 2.94. The van der Waals surface area contributed by atoms with Gasteiger partial charge in [0.2, 0.25) is 0 Å². The second kappa shape index (κ2) is 5.59. The van der Waals surface area contributed by atoms with Crippen molar-refractivity contribution in [3.63, 3.8) is 0 Å². The standard InChI is InChI=1S/C14H17FO3/c1-11(16)3-2-8-14(17-9-10-18-14)12-4-6-13(15)7-5-12/h4-7H,2-3,8-10H2,1H3. The number of Topliss-reactive ketones (excluding diaryl/α,β-unsaturated/α-hetero) is 1. The lowest BCUT2D eigenvalue weighted by molar-refractivity contribution is -0.171. The molecular weight excluding hydrogens is 235 g/mol. The van der Waals surface area contributed by atoms with Gasteiger partial charge in [-0.05, 0) is 25.5 Å². The van der Waals surface area contributed by atoms with Crippen LogP contribution in [0, 0.1) is 5.82 Å². The topological polar surface area (TPSA) is 35.5 Å². The predicted octanol–water partition coefficient (Wildman–Crippen LogP) is 2.78. The van der Waals surface area contributed by atoms with Gasteiger partial charge in [0.25, 0.3) is 0 Å². The molecule has 0 aliphatic carbocycles. The second-order valence-corrected chi connectivity index (χ2v) is 4.51. The van der Waals surface area contributed by atoms with Crippen molar-refractivity contribution in [3.05, 3.63) is 35.6 Å². The molecule has 0 bridgehead atoms. The monoisotopic (exact) mass is 252 g/mol. The molecular formula is C14H17FO3. The minimum Gasteiger partial charge on any atom is -0.343 e. The maximum atomic E-state index is 12.9. The summed E-state index contributed by atoms with van der Waals surface area (Å²) in [5, 5.41) is 0. The zero-order chi connectivity index (χ0) is 13.0. The third-order valence-corrected chi connectivity index (χ3v) is 3.07. The molecule has 18 heavy (non-hydrogen) atoms. The lowest BCUT2D eigenvalue weighted by atomic mass is 9.99. The summed E-state index contributed by atoms with van der Waals surface area (Å²) in [7, 11) is 0. The zero-order valence-corrected chi connectivity index (χ0v) is 10.4. The molecule has 0 N–H and O–H groups in total. The molecule has 1 saturated heterocycles. The van der Waals surface area contributed by atoms with Gasteiger partial charge in [0.1, 0.15) is 11.6 Å². The molecule has 3 nitrogen and oxygen atoms in total. The van der Waals surface area contributed by atoms with Gasteiger partial charge in [-0.15, -0.1) is 0 Å². The summed E-state index contributed by atoms with van der Waals surface area (Å²) >= 11 is 0. The number of benzene rings is 1. The molecule has 2 rings (SSSR count). The van der Waals surface area contributed by atoms with Crippen LogP contribution in [-0.2, 0) is 20.1 Å². The zero-order valence-electron chi connectivity index (χ0n) is 10.4. The van der Waals surface area contributed by atoms with Crippen LogP contribution in [0.25, 0.3) is 0 Å². The fraction of sp³-hybridized carbons (Fsp3) is 0.500. The second-order valence-electron chi connectivity index (χ2n) is 4.51. The molecule has 1 fully saturated rings. The molecule has 1 aromatic rings. The Morgan fingerprint density at radius 2 is 1.89 bits per heavy atom. The number of carbonyl (C=O) groups excluding carboxylic acids is 1. The van der Waals surface area contributed by atoms with Crippen LogP contribution in [0.3, 0.4) is 0 Å². The molecule has 0 unspecified atom stereocenters. The van der Waals surface area contributed by atoms with Gasteiger partial charge in [0.15, 0.2) is 5.79 Å². The first-order valence-corrected chi connectivity index (χ1v) is 6.16. The highest BCUT2D eigenvalue weighted by molar-refractivity contribution is 5.75. The molecule has 0 amide bonds. The van der Waals surface area contributed by atoms with E-state index in [1.807, 2.05) is 0 Å². The summed E-state index contributed by atoms with van der Waals surface area (Å²) in [5.41, 5.74) is 0.810. The molecule has 1 aliphatic heterocycles. The van der Waals surface area contributed by atoms with Crippen LogP contribution in [0.5, 0.6) is 0 Å². The fourth-order valence-corrected chi connectivity index (χ4v) is 2.18. The predicted molar refractivity (Wildman–Crippen MR) is 64.5 cm³/mol. The molecule has 98 valence electrons. The van der Waals surface area contributed by atoms with E-state index >= 15 is 0 Å². The van der Waals surface area contributed by atoms with E-state index in [0.29, 0.717) is 32.5 Å². The van der Waals surface area contributed by atoms with Gasteiger partial charge in [0, 0.05) is 18.4 Å². The lowest BCUT2D eigenvalue weighted by Gasteiger charge is -2.27. The van der Waals surface area contributed by atoms with Crippen LogP contribution < -0.4 is 0 Å². The Morgan fingerprint density at radius 3 is 2.44 bits per heavy atom. The molecule has 4 heteroatoms. The number of ketones is 1. The van der Waals surface area contributed by atoms with Crippen molar-refractivity contribution in [1.29, 1.82) is 0 Å². The SMILES string of the molecule is CC(=O)CCCC1(c2ccc(F)cc2)OCCO1. The lowest BCUT2D eigenvalue weighted by Crippen LogP contribution is -2.27. The van der Waals surface area contributed by atoms with E-state index in [2.05, 4.69) is 0 Å². The van der Waals surface area contributed by atoms with Crippen LogP contribution in [0.4, 0.5) is 4.39 Å². The number of rotatable bonds is 5. The van der Waals surface area contributed by atoms with Crippen molar-refractivity contribution >= 4 is 5.78 Å². The van der Waals surface area contributed by atoms with Crippen molar-refractivity contribution in [3.8, 4) is 0 Å². The van der Waals surface area contributed by atoms with Crippen molar-refractivity contribution in [2.75, 3.05) is 13.2 Å². The summed E-state index contributed by atoms with van der Waals surface area (Å²) in [6.45, 7) is 2.62. The van der Waals surface area contributed by atoms with Crippen LogP contribution in [0.15, 0.2) is 24.3 Å². The maximum Gasteiger partial charge on any atom is 0.194 e. The Labute approximate surface area is 106 Å². The fourth-order valence-electron chi connectivity index (χ4n) is 2.18. The molecule has 1 heterocycles. The average Bonchev–Trinajstić information content (AvgIpc) is 2.79. The molecule has 0 aromatic heterocycles. The average molecular weight is 252 g/mol. The molecule has 0 saturated carbocycles. The highest BCUT2D eigenvalue weighted by Crippen LogP contribution is 2.36. The van der Waals surface area contributed by atoms with Gasteiger partial charge in [-0.2, -0.15) is 0 Å². The van der Waals surface area contributed by atoms with E-state index in [4.69, 9.17) is 9.47 Å². The number of ether oxygens (including phenoxy) is 2. The smallest absolute Gasteiger partial charge is 0.194 e. The normalized spacial score (nSPS) is 17.9. The Hall–Kier alpha value is -1.26. The Morgan fingerprint density at radius 1 is 1.28 bits per heavy atom. The Bertz CT molecular complexity index is 408. The molecule has 1 aromatic carbocycles. The number of hydrogen-bond acceptors (Lipinski definition) is 3. The van der Waals surface area contributed by atoms with E-state index in [1.165, 1.54) is 12.1 Å². The van der Waals surface area contributed by atoms with Gasteiger partial charge in [0.05, 0.1) is 13.2 Å². The molecule has 0 spiro atoms.